The van der Waals surface area contributed by atoms with Crippen LogP contribution in [-0.2, 0) is 4.79 Å². The summed E-state index contributed by atoms with van der Waals surface area (Å²) in [6.07, 6.45) is 0.760. The highest BCUT2D eigenvalue weighted by Crippen LogP contribution is 2.34. The summed E-state index contributed by atoms with van der Waals surface area (Å²) in [7, 11) is 0. The van der Waals surface area contributed by atoms with Crippen LogP contribution in [0, 0.1) is 34.5 Å². The second-order valence-electron chi connectivity index (χ2n) is 2.32. The summed E-state index contributed by atoms with van der Waals surface area (Å²) >= 11 is 1.39. The lowest BCUT2D eigenvalue weighted by Crippen LogP contribution is -2.16. The number of nitriles is 2. The zero-order valence-electron chi connectivity index (χ0n) is 5.73. The Morgan fingerprint density at radius 1 is 1.45 bits per heavy atom. The van der Waals surface area contributed by atoms with E-state index in [4.69, 9.17) is 10.5 Å². The monoisotopic (exact) mass is 166 g/mol. The Hall–Kier alpha value is -1.00. The highest BCUT2D eigenvalue weighted by molar-refractivity contribution is 8.00. The molecule has 1 aliphatic heterocycles. The Kier molecular flexibility index (Phi) is 2.51. The first kappa shape index (κ1) is 8.10. The molecule has 0 amide bonds. The molecule has 0 aliphatic carbocycles. The van der Waals surface area contributed by atoms with Gasteiger partial charge >= 0.3 is 0 Å². The van der Waals surface area contributed by atoms with Gasteiger partial charge in [-0.15, -0.1) is 11.8 Å². The number of carbonyl (C=O) groups excluding carboxylic acids is 1. The van der Waals surface area contributed by atoms with Crippen LogP contribution in [0.2, 0.25) is 0 Å². The van der Waals surface area contributed by atoms with Gasteiger partial charge in [0.05, 0.1) is 29.2 Å². The van der Waals surface area contributed by atoms with Crippen molar-refractivity contribution in [2.45, 2.75) is 5.25 Å². The van der Waals surface area contributed by atoms with E-state index in [1.165, 1.54) is 11.8 Å². The van der Waals surface area contributed by atoms with E-state index in [0.717, 1.165) is 6.29 Å². The standard InChI is InChI=1S/C7H6N2OS/c8-1-5-4-11-7(3-10)6(5)2-9/h3,5-7H,4H2. The molecule has 0 saturated carbocycles. The highest BCUT2D eigenvalue weighted by Gasteiger charge is 2.36. The number of hydrogen-bond acceptors (Lipinski definition) is 4. The van der Waals surface area contributed by atoms with Gasteiger partial charge in [0, 0.05) is 5.75 Å². The Balaban J connectivity index is 2.73. The van der Waals surface area contributed by atoms with E-state index >= 15 is 0 Å². The van der Waals surface area contributed by atoms with E-state index in [-0.39, 0.29) is 11.2 Å². The van der Waals surface area contributed by atoms with Gasteiger partial charge < -0.3 is 4.79 Å². The molecule has 0 bridgehead atoms. The van der Waals surface area contributed by atoms with Crippen LogP contribution in [0.25, 0.3) is 0 Å². The van der Waals surface area contributed by atoms with Crippen LogP contribution in [0.4, 0.5) is 0 Å². The van der Waals surface area contributed by atoms with E-state index in [1.807, 2.05) is 12.1 Å². The van der Waals surface area contributed by atoms with E-state index in [0.29, 0.717) is 5.75 Å². The van der Waals surface area contributed by atoms with Crippen molar-refractivity contribution in [3.05, 3.63) is 0 Å². The molecule has 0 spiro atoms. The van der Waals surface area contributed by atoms with Gasteiger partial charge in [-0.3, -0.25) is 0 Å². The average molecular weight is 166 g/mol. The lowest BCUT2D eigenvalue weighted by Gasteiger charge is -2.04. The third kappa shape index (κ3) is 1.36. The van der Waals surface area contributed by atoms with E-state index < -0.39 is 5.92 Å². The van der Waals surface area contributed by atoms with E-state index in [2.05, 4.69) is 0 Å². The van der Waals surface area contributed by atoms with Gasteiger partial charge in [0.25, 0.3) is 0 Å². The zero-order chi connectivity index (χ0) is 8.27. The highest BCUT2D eigenvalue weighted by atomic mass is 32.2. The van der Waals surface area contributed by atoms with Crippen molar-refractivity contribution >= 4 is 18.0 Å². The minimum Gasteiger partial charge on any atom is -0.302 e. The fraction of sp³-hybridized carbons (Fsp3) is 0.571. The van der Waals surface area contributed by atoms with Crippen molar-refractivity contribution in [3.8, 4) is 12.1 Å². The molecule has 0 aromatic heterocycles. The molecule has 3 atom stereocenters. The Morgan fingerprint density at radius 3 is 2.64 bits per heavy atom. The van der Waals surface area contributed by atoms with Gasteiger partial charge in [0.15, 0.2) is 0 Å². The zero-order valence-corrected chi connectivity index (χ0v) is 6.54. The topological polar surface area (TPSA) is 64.7 Å². The fourth-order valence-electron chi connectivity index (χ4n) is 1.06. The van der Waals surface area contributed by atoms with Crippen LogP contribution >= 0.6 is 11.8 Å². The van der Waals surface area contributed by atoms with Crippen LogP contribution in [-0.4, -0.2) is 17.3 Å². The van der Waals surface area contributed by atoms with Crippen LogP contribution in [0.3, 0.4) is 0 Å². The smallest absolute Gasteiger partial charge is 0.134 e. The van der Waals surface area contributed by atoms with Crippen molar-refractivity contribution < 1.29 is 4.79 Å². The summed E-state index contributed by atoms with van der Waals surface area (Å²) in [6.45, 7) is 0. The third-order valence-corrected chi connectivity index (χ3v) is 3.05. The van der Waals surface area contributed by atoms with Gasteiger partial charge in [-0.1, -0.05) is 0 Å². The summed E-state index contributed by atoms with van der Waals surface area (Å²) < 4.78 is 0. The maximum absolute atomic E-state index is 10.4. The van der Waals surface area contributed by atoms with Crippen molar-refractivity contribution in [2.75, 3.05) is 5.75 Å². The maximum atomic E-state index is 10.4. The molecule has 0 aromatic carbocycles. The molecule has 0 aromatic rings. The number of carbonyl (C=O) groups is 1. The Bertz CT molecular complexity index is 240. The molecular formula is C7H6N2OS. The van der Waals surface area contributed by atoms with Crippen molar-refractivity contribution in [1.29, 1.82) is 10.5 Å². The number of rotatable bonds is 1. The Morgan fingerprint density at radius 2 is 2.18 bits per heavy atom. The molecular weight excluding hydrogens is 160 g/mol. The molecule has 4 heteroatoms. The first-order valence-corrected chi connectivity index (χ1v) is 4.24. The van der Waals surface area contributed by atoms with Crippen molar-refractivity contribution in [2.24, 2.45) is 11.8 Å². The molecule has 1 fully saturated rings. The van der Waals surface area contributed by atoms with Gasteiger partial charge in [-0.05, 0) is 0 Å². The van der Waals surface area contributed by atoms with E-state index in [1.54, 1.807) is 0 Å². The molecule has 56 valence electrons. The number of aldehydes is 1. The third-order valence-electron chi connectivity index (χ3n) is 1.70. The first-order chi connectivity index (χ1) is 5.33. The summed E-state index contributed by atoms with van der Waals surface area (Å²) in [5.41, 5.74) is 0. The molecule has 3 nitrogen and oxygen atoms in total. The number of thioether (sulfide) groups is 1. The minimum atomic E-state index is -0.400. The van der Waals surface area contributed by atoms with E-state index in [9.17, 15) is 4.79 Å². The summed E-state index contributed by atoms with van der Waals surface area (Å²) in [5, 5.41) is 16.9. The fourth-order valence-corrected chi connectivity index (χ4v) is 2.30. The van der Waals surface area contributed by atoms with Crippen LogP contribution in [0.15, 0.2) is 0 Å². The minimum absolute atomic E-state index is 0.264. The molecule has 1 rings (SSSR count). The maximum Gasteiger partial charge on any atom is 0.134 e. The van der Waals surface area contributed by atoms with Gasteiger partial charge in [0.1, 0.15) is 6.29 Å². The number of hydrogen-bond donors (Lipinski definition) is 0. The largest absolute Gasteiger partial charge is 0.302 e. The normalized spacial score (nSPS) is 35.6. The van der Waals surface area contributed by atoms with Crippen molar-refractivity contribution in [1.82, 2.24) is 0 Å². The second-order valence-corrected chi connectivity index (χ2v) is 3.54. The predicted molar refractivity (Wildman–Crippen MR) is 40.5 cm³/mol. The predicted octanol–water partition coefficient (Wildman–Crippen LogP) is 0.580. The lowest BCUT2D eigenvalue weighted by atomic mass is 9.94. The SMILES string of the molecule is N#CC1CSC(C=O)C1C#N. The first-order valence-electron chi connectivity index (χ1n) is 3.19. The van der Waals surface area contributed by atoms with Gasteiger partial charge in [-0.2, -0.15) is 10.5 Å². The quantitative estimate of drug-likeness (QED) is 0.534. The lowest BCUT2D eigenvalue weighted by molar-refractivity contribution is -0.107. The van der Waals surface area contributed by atoms with Crippen LogP contribution in [0.5, 0.6) is 0 Å². The summed E-state index contributed by atoms with van der Waals surface area (Å²) in [6, 6.07) is 4.02. The van der Waals surface area contributed by atoms with Crippen molar-refractivity contribution in [3.63, 3.8) is 0 Å². The molecule has 1 aliphatic rings. The number of nitrogens with zero attached hydrogens (tertiary/aromatic N) is 2. The average Bonchev–Trinajstić information content (AvgIpc) is 2.45. The summed E-state index contributed by atoms with van der Waals surface area (Å²) in [5.74, 6) is -0.0549. The molecule has 1 heterocycles. The van der Waals surface area contributed by atoms with Crippen LogP contribution in [0.1, 0.15) is 0 Å². The molecule has 1 saturated heterocycles. The molecule has 0 radical (unpaired) electrons. The Labute approximate surface area is 69.0 Å². The van der Waals surface area contributed by atoms with Gasteiger partial charge in [-0.25, -0.2) is 0 Å². The molecule has 3 unspecified atom stereocenters. The molecule has 11 heavy (non-hydrogen) atoms. The second kappa shape index (κ2) is 3.41. The van der Waals surface area contributed by atoms with Gasteiger partial charge in [0.2, 0.25) is 0 Å². The molecule has 0 N–H and O–H groups in total. The summed E-state index contributed by atoms with van der Waals surface area (Å²) in [4.78, 5) is 10.4. The van der Waals surface area contributed by atoms with Crippen LogP contribution < -0.4 is 0 Å².